The van der Waals surface area contributed by atoms with Gasteiger partial charge in [-0.1, -0.05) is 0 Å². The summed E-state index contributed by atoms with van der Waals surface area (Å²) < 4.78 is 41.3. The number of benzene rings is 1. The summed E-state index contributed by atoms with van der Waals surface area (Å²) in [5, 5.41) is 0. The van der Waals surface area contributed by atoms with Gasteiger partial charge in [-0.25, -0.2) is 13.8 Å². The summed E-state index contributed by atoms with van der Waals surface area (Å²) in [6.07, 6.45) is 1.80. The van der Waals surface area contributed by atoms with Crippen LogP contribution in [-0.2, 0) is 4.74 Å². The summed E-state index contributed by atoms with van der Waals surface area (Å²) in [6, 6.07) is 7.01. The molecule has 1 fully saturated rings. The molecule has 1 atom stereocenters. The van der Waals surface area contributed by atoms with Crippen LogP contribution in [0.1, 0.15) is 31.4 Å². The lowest BCUT2D eigenvalue weighted by Gasteiger charge is -2.22. The average Bonchev–Trinajstić information content (AvgIpc) is 3.05. The minimum atomic E-state index is -2.63. The van der Waals surface area contributed by atoms with Crippen LogP contribution in [0.3, 0.4) is 0 Å². The molecule has 1 aliphatic heterocycles. The van der Waals surface area contributed by atoms with Crippen molar-refractivity contribution in [2.45, 2.75) is 31.8 Å². The van der Waals surface area contributed by atoms with Crippen LogP contribution in [0.2, 0.25) is 0 Å². The number of rotatable bonds is 5. The number of aromatic nitrogens is 1. The molecule has 6 heteroatoms. The van der Waals surface area contributed by atoms with Crippen molar-refractivity contribution >= 4 is 0 Å². The second-order valence-electron chi connectivity index (χ2n) is 5.20. The number of alkyl halides is 2. The van der Waals surface area contributed by atoms with Gasteiger partial charge < -0.3 is 13.9 Å². The first kappa shape index (κ1) is 15.0. The van der Waals surface area contributed by atoms with E-state index in [1.807, 2.05) is 0 Å². The van der Waals surface area contributed by atoms with Crippen molar-refractivity contribution in [3.63, 3.8) is 0 Å². The summed E-state index contributed by atoms with van der Waals surface area (Å²) in [5.74, 6) is 0.885. The van der Waals surface area contributed by atoms with Crippen LogP contribution in [0.25, 0.3) is 11.5 Å². The maximum atomic E-state index is 12.5. The molecule has 2 aromatic rings. The first-order chi connectivity index (χ1) is 10.7. The van der Waals surface area contributed by atoms with Gasteiger partial charge in [-0.05, 0) is 43.5 Å². The van der Waals surface area contributed by atoms with E-state index in [1.54, 1.807) is 24.3 Å². The lowest BCUT2D eigenvalue weighted by atomic mass is 10.1. The standard InChI is InChI=1S/C16H17F2NO3/c17-15(18)14-10-22-16(19-14)11-4-6-12(7-5-11)21-9-13-3-1-2-8-20-13/h4-7,10,13,15H,1-3,8-9H2/t13-/m1/s1. The molecule has 0 spiro atoms. The molecule has 3 rings (SSSR count). The molecular weight excluding hydrogens is 292 g/mol. The van der Waals surface area contributed by atoms with Crippen molar-refractivity contribution in [2.75, 3.05) is 13.2 Å². The lowest BCUT2D eigenvalue weighted by molar-refractivity contribution is -0.0110. The van der Waals surface area contributed by atoms with Gasteiger partial charge in [0, 0.05) is 12.2 Å². The summed E-state index contributed by atoms with van der Waals surface area (Å²) in [7, 11) is 0. The minimum absolute atomic E-state index is 0.147. The molecule has 0 N–H and O–H groups in total. The van der Waals surface area contributed by atoms with Crippen LogP contribution in [-0.4, -0.2) is 24.3 Å². The number of ether oxygens (including phenoxy) is 2. The van der Waals surface area contributed by atoms with Gasteiger partial charge in [0.1, 0.15) is 24.3 Å². The third kappa shape index (κ3) is 3.62. The second-order valence-corrected chi connectivity index (χ2v) is 5.20. The van der Waals surface area contributed by atoms with Crippen molar-refractivity contribution in [1.82, 2.24) is 4.98 Å². The minimum Gasteiger partial charge on any atom is -0.491 e. The third-order valence-electron chi connectivity index (χ3n) is 3.56. The maximum absolute atomic E-state index is 12.5. The van der Waals surface area contributed by atoms with Gasteiger partial charge in [0.15, 0.2) is 0 Å². The van der Waals surface area contributed by atoms with E-state index < -0.39 is 6.43 Å². The highest BCUT2D eigenvalue weighted by Gasteiger charge is 2.16. The summed E-state index contributed by atoms with van der Waals surface area (Å²) in [6.45, 7) is 1.32. The molecule has 118 valence electrons. The SMILES string of the molecule is FC(F)c1coc(-c2ccc(OC[C@H]3CCCCO3)cc2)n1. The van der Waals surface area contributed by atoms with Gasteiger partial charge in [0.25, 0.3) is 6.43 Å². The average molecular weight is 309 g/mol. The number of halogens is 2. The zero-order chi connectivity index (χ0) is 15.4. The Morgan fingerprint density at radius 2 is 2.05 bits per heavy atom. The molecule has 0 radical (unpaired) electrons. The predicted octanol–water partition coefficient (Wildman–Crippen LogP) is 4.23. The first-order valence-electron chi connectivity index (χ1n) is 7.31. The highest BCUT2D eigenvalue weighted by molar-refractivity contribution is 5.54. The van der Waals surface area contributed by atoms with Crippen LogP contribution in [0, 0.1) is 0 Å². The molecule has 0 saturated carbocycles. The molecular formula is C16H17F2NO3. The highest BCUT2D eigenvalue weighted by Crippen LogP contribution is 2.25. The number of nitrogens with zero attached hydrogens (tertiary/aromatic N) is 1. The normalized spacial score (nSPS) is 18.6. The predicted molar refractivity (Wildman–Crippen MR) is 76.0 cm³/mol. The fourth-order valence-electron chi connectivity index (χ4n) is 2.34. The Bertz CT molecular complexity index is 592. The molecule has 1 aliphatic rings. The van der Waals surface area contributed by atoms with E-state index in [1.165, 1.54) is 6.42 Å². The first-order valence-corrected chi connectivity index (χ1v) is 7.31. The second kappa shape index (κ2) is 6.87. The van der Waals surface area contributed by atoms with E-state index in [9.17, 15) is 8.78 Å². The molecule has 2 heterocycles. The van der Waals surface area contributed by atoms with Gasteiger partial charge in [0.2, 0.25) is 5.89 Å². The summed E-state index contributed by atoms with van der Waals surface area (Å²) in [4.78, 5) is 3.75. The van der Waals surface area contributed by atoms with Gasteiger partial charge in [-0.2, -0.15) is 0 Å². The summed E-state index contributed by atoms with van der Waals surface area (Å²) >= 11 is 0. The Morgan fingerprint density at radius 1 is 1.23 bits per heavy atom. The van der Waals surface area contributed by atoms with E-state index in [0.29, 0.717) is 17.9 Å². The molecule has 0 amide bonds. The number of hydrogen-bond donors (Lipinski definition) is 0. The zero-order valence-corrected chi connectivity index (χ0v) is 12.0. The fraction of sp³-hybridized carbons (Fsp3) is 0.438. The van der Waals surface area contributed by atoms with Crippen molar-refractivity contribution < 1.29 is 22.7 Å². The van der Waals surface area contributed by atoms with E-state index in [2.05, 4.69) is 4.98 Å². The molecule has 4 nitrogen and oxygen atoms in total. The van der Waals surface area contributed by atoms with Crippen molar-refractivity contribution in [1.29, 1.82) is 0 Å². The van der Waals surface area contributed by atoms with E-state index in [-0.39, 0.29) is 17.7 Å². The van der Waals surface area contributed by atoms with Gasteiger partial charge in [0.05, 0.1) is 6.10 Å². The fourth-order valence-corrected chi connectivity index (χ4v) is 2.34. The molecule has 0 bridgehead atoms. The van der Waals surface area contributed by atoms with Gasteiger partial charge in [-0.3, -0.25) is 0 Å². The highest BCUT2D eigenvalue weighted by atomic mass is 19.3. The largest absolute Gasteiger partial charge is 0.491 e. The Morgan fingerprint density at radius 3 is 2.68 bits per heavy atom. The molecule has 1 saturated heterocycles. The van der Waals surface area contributed by atoms with E-state index >= 15 is 0 Å². The van der Waals surface area contributed by atoms with Crippen LogP contribution in [0.15, 0.2) is 34.9 Å². The van der Waals surface area contributed by atoms with Crippen molar-refractivity contribution in [3.05, 3.63) is 36.2 Å². The Kier molecular flexibility index (Phi) is 4.68. The monoisotopic (exact) mass is 309 g/mol. The molecule has 1 aromatic heterocycles. The lowest BCUT2D eigenvalue weighted by Crippen LogP contribution is -2.25. The van der Waals surface area contributed by atoms with Crippen LogP contribution in [0.5, 0.6) is 5.75 Å². The van der Waals surface area contributed by atoms with Crippen molar-refractivity contribution in [3.8, 4) is 17.2 Å². The molecule has 0 aliphatic carbocycles. The van der Waals surface area contributed by atoms with Crippen LogP contribution in [0.4, 0.5) is 8.78 Å². The molecule has 22 heavy (non-hydrogen) atoms. The Labute approximate surface area is 127 Å². The van der Waals surface area contributed by atoms with E-state index in [0.717, 1.165) is 25.7 Å². The van der Waals surface area contributed by atoms with Gasteiger partial charge >= 0.3 is 0 Å². The topological polar surface area (TPSA) is 44.5 Å². The van der Waals surface area contributed by atoms with Gasteiger partial charge in [-0.15, -0.1) is 0 Å². The number of oxazole rings is 1. The van der Waals surface area contributed by atoms with E-state index in [4.69, 9.17) is 13.9 Å². The smallest absolute Gasteiger partial charge is 0.283 e. The molecule has 0 unspecified atom stereocenters. The Balaban J connectivity index is 1.59. The third-order valence-corrected chi connectivity index (χ3v) is 3.56. The zero-order valence-electron chi connectivity index (χ0n) is 12.0. The van der Waals surface area contributed by atoms with Crippen LogP contribution < -0.4 is 4.74 Å². The maximum Gasteiger partial charge on any atom is 0.283 e. The van der Waals surface area contributed by atoms with Crippen molar-refractivity contribution in [2.24, 2.45) is 0 Å². The summed E-state index contributed by atoms with van der Waals surface area (Å²) in [5.41, 5.74) is 0.276. The van der Waals surface area contributed by atoms with Crippen LogP contribution >= 0.6 is 0 Å². The Hall–Kier alpha value is -1.95. The quantitative estimate of drug-likeness (QED) is 0.829. The molecule has 1 aromatic carbocycles. The number of hydrogen-bond acceptors (Lipinski definition) is 4.